The topological polar surface area (TPSA) is 113 Å². The number of aliphatic hydroxyl groups is 1. The minimum Gasteiger partial charge on any atom is -0.382 e. The zero-order valence-electron chi connectivity index (χ0n) is 19.6. The first-order valence-corrected chi connectivity index (χ1v) is 11.7. The molecule has 8 nitrogen and oxygen atoms in total. The first-order valence-electron chi connectivity index (χ1n) is 11.7. The average molecular weight is 493 g/mol. The van der Waals surface area contributed by atoms with Gasteiger partial charge >= 0.3 is 0 Å². The monoisotopic (exact) mass is 493 g/mol. The van der Waals surface area contributed by atoms with E-state index in [1.165, 1.54) is 18.2 Å². The molecular weight excluding hydrogens is 471 g/mol. The van der Waals surface area contributed by atoms with Crippen LogP contribution in [0.15, 0.2) is 30.5 Å². The van der Waals surface area contributed by atoms with Crippen molar-refractivity contribution < 1.29 is 18.3 Å². The number of rotatable bonds is 4. The van der Waals surface area contributed by atoms with Crippen LogP contribution in [0.5, 0.6) is 0 Å². The van der Waals surface area contributed by atoms with Crippen molar-refractivity contribution in [3.63, 3.8) is 0 Å². The van der Waals surface area contributed by atoms with Gasteiger partial charge in [-0.05, 0) is 69.2 Å². The smallest absolute Gasteiger partial charge is 0.199 e. The van der Waals surface area contributed by atoms with Gasteiger partial charge < -0.3 is 10.1 Å². The second-order valence-corrected chi connectivity index (χ2v) is 9.96. The fourth-order valence-corrected chi connectivity index (χ4v) is 5.42. The summed E-state index contributed by atoms with van der Waals surface area (Å²) in [5.41, 5.74) is -0.675. The van der Waals surface area contributed by atoms with Gasteiger partial charge in [-0.3, -0.25) is 0 Å². The van der Waals surface area contributed by atoms with E-state index in [-0.39, 0.29) is 40.3 Å². The van der Waals surface area contributed by atoms with Gasteiger partial charge in [0.25, 0.3) is 0 Å². The first-order chi connectivity index (χ1) is 17.2. The van der Waals surface area contributed by atoms with E-state index < -0.39 is 28.5 Å². The highest BCUT2D eigenvalue weighted by atomic mass is 19.1. The molecule has 0 spiro atoms. The van der Waals surface area contributed by atoms with Gasteiger partial charge in [0.15, 0.2) is 23.3 Å². The van der Waals surface area contributed by atoms with E-state index in [0.29, 0.717) is 18.5 Å². The highest BCUT2D eigenvalue weighted by Crippen LogP contribution is 2.55. The lowest BCUT2D eigenvalue weighted by atomic mass is 9.58. The molecular formula is C25H22F3N7O. The molecule has 0 radical (unpaired) electrons. The normalized spacial score (nSPS) is 21.0. The standard InChI is InChI=1S/C25H22F3N7O/c1-24(2,36)23-31-22(34-35-23)21-29-11-16(28)20(30-21)25-8-6-12(7-9-25)13-10-17(32-33-19(13)25)18-14(26)4-3-5-15(18)27/h3-5,10-12,36H,6-9H2,1-2H3,(H,31,34,35)/t12-,25-. The van der Waals surface area contributed by atoms with E-state index >= 15 is 4.39 Å². The molecule has 3 aromatic heterocycles. The van der Waals surface area contributed by atoms with Crippen LogP contribution in [-0.2, 0) is 11.0 Å². The van der Waals surface area contributed by atoms with Crippen LogP contribution in [0, 0.1) is 17.5 Å². The average Bonchev–Trinajstić information content (AvgIpc) is 3.36. The lowest BCUT2D eigenvalue weighted by molar-refractivity contribution is 0.0692. The molecule has 3 aliphatic rings. The molecule has 1 aromatic carbocycles. The quantitative estimate of drug-likeness (QED) is 0.435. The SMILES string of the molecule is CC(C)(O)c1nnc(-c2ncc(F)c([C@]34CC[C@H](CC3)c3cc(-c5c(F)cccc5F)nnc34)n2)[nH]1. The second-order valence-electron chi connectivity index (χ2n) is 9.96. The molecule has 7 rings (SSSR count). The van der Waals surface area contributed by atoms with E-state index in [1.54, 1.807) is 19.9 Å². The fraction of sp³-hybridized carbons (Fsp3) is 0.360. The van der Waals surface area contributed by atoms with Gasteiger partial charge in [-0.15, -0.1) is 15.3 Å². The Bertz CT molecular complexity index is 1470. The van der Waals surface area contributed by atoms with Crippen molar-refractivity contribution in [3.05, 3.63) is 70.7 Å². The third-order valence-electron chi connectivity index (χ3n) is 7.25. The van der Waals surface area contributed by atoms with Crippen molar-refractivity contribution in [1.82, 2.24) is 35.3 Å². The zero-order valence-corrected chi connectivity index (χ0v) is 19.6. The maximum absolute atomic E-state index is 15.3. The molecule has 4 aromatic rings. The van der Waals surface area contributed by atoms with Crippen molar-refractivity contribution in [1.29, 1.82) is 0 Å². The van der Waals surface area contributed by atoms with Crippen LogP contribution < -0.4 is 0 Å². The Morgan fingerprint density at radius 3 is 2.36 bits per heavy atom. The summed E-state index contributed by atoms with van der Waals surface area (Å²) in [5, 5.41) is 26.7. The zero-order chi connectivity index (χ0) is 25.2. The molecule has 0 amide bonds. The summed E-state index contributed by atoms with van der Waals surface area (Å²) in [5.74, 6) is -1.32. The molecule has 0 aliphatic heterocycles. The van der Waals surface area contributed by atoms with E-state index in [0.717, 1.165) is 24.6 Å². The van der Waals surface area contributed by atoms with E-state index in [4.69, 9.17) is 0 Å². The molecule has 0 unspecified atom stereocenters. The Balaban J connectivity index is 1.47. The molecule has 0 saturated heterocycles. The highest BCUT2D eigenvalue weighted by molar-refractivity contribution is 5.62. The van der Waals surface area contributed by atoms with Gasteiger partial charge in [0.2, 0.25) is 0 Å². The molecule has 3 aliphatic carbocycles. The number of hydrogen-bond donors (Lipinski definition) is 2. The molecule has 11 heteroatoms. The van der Waals surface area contributed by atoms with E-state index in [1.807, 2.05) is 0 Å². The first kappa shape index (κ1) is 22.7. The number of H-pyrrole nitrogens is 1. The lowest BCUT2D eigenvalue weighted by Crippen LogP contribution is -2.41. The van der Waals surface area contributed by atoms with Crippen LogP contribution >= 0.6 is 0 Å². The number of fused-ring (bicyclic) bond motifs is 2. The fourth-order valence-electron chi connectivity index (χ4n) is 5.42. The third kappa shape index (κ3) is 3.41. The summed E-state index contributed by atoms with van der Waals surface area (Å²) < 4.78 is 44.2. The van der Waals surface area contributed by atoms with Crippen molar-refractivity contribution in [2.75, 3.05) is 0 Å². The number of aromatic nitrogens is 7. The lowest BCUT2D eigenvalue weighted by Gasteiger charge is -2.46. The molecule has 184 valence electrons. The van der Waals surface area contributed by atoms with Crippen LogP contribution in [-0.4, -0.2) is 40.5 Å². The minimum absolute atomic E-state index is 0.108. The molecule has 1 saturated carbocycles. The maximum Gasteiger partial charge on any atom is 0.199 e. The predicted molar refractivity (Wildman–Crippen MR) is 122 cm³/mol. The van der Waals surface area contributed by atoms with E-state index in [2.05, 4.69) is 35.3 Å². The number of benzene rings is 1. The summed E-state index contributed by atoms with van der Waals surface area (Å²) in [6.07, 6.45) is 3.80. The Labute approximate surface area is 204 Å². The van der Waals surface area contributed by atoms with Crippen LogP contribution in [0.2, 0.25) is 0 Å². The number of halogens is 3. The van der Waals surface area contributed by atoms with Crippen LogP contribution in [0.1, 0.15) is 68.2 Å². The molecule has 3 heterocycles. The summed E-state index contributed by atoms with van der Waals surface area (Å²) in [7, 11) is 0. The Hall–Kier alpha value is -3.73. The highest BCUT2D eigenvalue weighted by Gasteiger charge is 2.50. The van der Waals surface area contributed by atoms with E-state index in [9.17, 15) is 13.9 Å². The van der Waals surface area contributed by atoms with Gasteiger partial charge in [0, 0.05) is 0 Å². The Morgan fingerprint density at radius 2 is 1.69 bits per heavy atom. The summed E-state index contributed by atoms with van der Waals surface area (Å²) in [6, 6.07) is 5.33. The van der Waals surface area contributed by atoms with Gasteiger partial charge in [-0.25, -0.2) is 23.1 Å². The number of nitrogens with zero attached hydrogens (tertiary/aromatic N) is 6. The third-order valence-corrected chi connectivity index (χ3v) is 7.25. The van der Waals surface area contributed by atoms with Crippen molar-refractivity contribution in [2.24, 2.45) is 0 Å². The van der Waals surface area contributed by atoms with Crippen molar-refractivity contribution in [3.8, 4) is 22.9 Å². The molecule has 36 heavy (non-hydrogen) atoms. The van der Waals surface area contributed by atoms with Crippen molar-refractivity contribution in [2.45, 2.75) is 56.5 Å². The van der Waals surface area contributed by atoms with Crippen LogP contribution in [0.4, 0.5) is 13.2 Å². The maximum atomic E-state index is 15.3. The number of aromatic amines is 1. The molecule has 2 bridgehead atoms. The molecule has 1 fully saturated rings. The largest absolute Gasteiger partial charge is 0.382 e. The van der Waals surface area contributed by atoms with Gasteiger partial charge in [0.05, 0.1) is 34.3 Å². The summed E-state index contributed by atoms with van der Waals surface area (Å²) >= 11 is 0. The Kier molecular flexibility index (Phi) is 4.98. The summed E-state index contributed by atoms with van der Waals surface area (Å²) in [4.78, 5) is 11.5. The second kappa shape index (κ2) is 7.89. The van der Waals surface area contributed by atoms with Gasteiger partial charge in [0.1, 0.15) is 17.2 Å². The molecule has 2 N–H and O–H groups in total. The van der Waals surface area contributed by atoms with Crippen LogP contribution in [0.3, 0.4) is 0 Å². The van der Waals surface area contributed by atoms with Crippen LogP contribution in [0.25, 0.3) is 22.9 Å². The molecule has 0 atom stereocenters. The number of nitrogens with one attached hydrogen (secondary N) is 1. The predicted octanol–water partition coefficient (Wildman–Crippen LogP) is 4.32. The van der Waals surface area contributed by atoms with Gasteiger partial charge in [-0.1, -0.05) is 6.07 Å². The number of hydrogen-bond acceptors (Lipinski definition) is 7. The van der Waals surface area contributed by atoms with Crippen molar-refractivity contribution >= 4 is 0 Å². The summed E-state index contributed by atoms with van der Waals surface area (Å²) in [6.45, 7) is 3.12. The Morgan fingerprint density at radius 1 is 0.972 bits per heavy atom. The minimum atomic E-state index is -1.25. The van der Waals surface area contributed by atoms with Gasteiger partial charge in [-0.2, -0.15) is 5.10 Å².